The Balaban J connectivity index is 0.00000156. The van der Waals surface area contributed by atoms with Crippen molar-refractivity contribution in [2.75, 3.05) is 11.4 Å². The first-order chi connectivity index (χ1) is 10.8. The summed E-state index contributed by atoms with van der Waals surface area (Å²) in [6.07, 6.45) is 2.61. The molecular weight excluding hydrogens is 331 g/mol. The maximum Gasteiger partial charge on any atom is 0.144 e. The SMILES string of the molecule is Cl.NCc1ccc2c(N3CCc4ccc(Cl)cc43)ncnc2c1. The Bertz CT molecular complexity index is 866. The third kappa shape index (κ3) is 2.74. The van der Waals surface area contributed by atoms with E-state index in [0.29, 0.717) is 6.54 Å². The predicted octanol–water partition coefficient (Wildman–Crippen LogP) is 3.86. The Morgan fingerprint density at radius 2 is 2.00 bits per heavy atom. The van der Waals surface area contributed by atoms with Crippen LogP contribution in [0.1, 0.15) is 11.1 Å². The van der Waals surface area contributed by atoms with Gasteiger partial charge in [0, 0.05) is 29.2 Å². The summed E-state index contributed by atoms with van der Waals surface area (Å²) in [7, 11) is 0. The highest BCUT2D eigenvalue weighted by atomic mass is 35.5. The molecule has 6 heteroatoms. The zero-order chi connectivity index (χ0) is 15.1. The van der Waals surface area contributed by atoms with E-state index in [1.54, 1.807) is 6.33 Å². The Hall–Kier alpha value is -1.88. The van der Waals surface area contributed by atoms with Crippen LogP contribution in [-0.4, -0.2) is 16.5 Å². The molecule has 1 aliphatic rings. The Kier molecular flexibility index (Phi) is 4.39. The maximum absolute atomic E-state index is 6.16. The second kappa shape index (κ2) is 6.32. The van der Waals surface area contributed by atoms with Crippen molar-refractivity contribution in [2.45, 2.75) is 13.0 Å². The van der Waals surface area contributed by atoms with E-state index in [1.165, 1.54) is 5.56 Å². The molecule has 2 N–H and O–H groups in total. The molecule has 0 fully saturated rings. The van der Waals surface area contributed by atoms with Crippen LogP contribution in [0, 0.1) is 0 Å². The van der Waals surface area contributed by atoms with Crippen LogP contribution in [0.2, 0.25) is 5.02 Å². The molecule has 4 nitrogen and oxygen atoms in total. The van der Waals surface area contributed by atoms with Crippen molar-refractivity contribution in [3.8, 4) is 0 Å². The molecular formula is C17H16Cl2N4. The molecule has 1 aromatic heterocycles. The monoisotopic (exact) mass is 346 g/mol. The van der Waals surface area contributed by atoms with Gasteiger partial charge in [0.1, 0.15) is 12.1 Å². The fraction of sp³-hybridized carbons (Fsp3) is 0.176. The van der Waals surface area contributed by atoms with Crippen LogP contribution >= 0.6 is 24.0 Å². The van der Waals surface area contributed by atoms with Gasteiger partial charge in [0.15, 0.2) is 0 Å². The van der Waals surface area contributed by atoms with Gasteiger partial charge >= 0.3 is 0 Å². The van der Waals surface area contributed by atoms with Crippen LogP contribution in [0.5, 0.6) is 0 Å². The van der Waals surface area contributed by atoms with Gasteiger partial charge in [-0.3, -0.25) is 0 Å². The zero-order valence-electron chi connectivity index (χ0n) is 12.4. The highest BCUT2D eigenvalue weighted by molar-refractivity contribution is 6.31. The molecule has 23 heavy (non-hydrogen) atoms. The van der Waals surface area contributed by atoms with Crippen molar-refractivity contribution in [1.82, 2.24) is 9.97 Å². The number of rotatable bonds is 2. The lowest BCUT2D eigenvalue weighted by molar-refractivity contribution is 0.974. The summed E-state index contributed by atoms with van der Waals surface area (Å²) in [5.41, 5.74) is 10.1. The van der Waals surface area contributed by atoms with E-state index in [1.807, 2.05) is 24.3 Å². The summed E-state index contributed by atoms with van der Waals surface area (Å²) in [5, 5.41) is 1.78. The number of aromatic nitrogens is 2. The van der Waals surface area contributed by atoms with E-state index in [-0.39, 0.29) is 12.4 Å². The molecule has 3 aromatic rings. The van der Waals surface area contributed by atoms with Crippen molar-refractivity contribution in [2.24, 2.45) is 5.73 Å². The average Bonchev–Trinajstić information content (AvgIpc) is 2.96. The van der Waals surface area contributed by atoms with E-state index in [2.05, 4.69) is 27.0 Å². The molecule has 0 amide bonds. The molecule has 0 radical (unpaired) electrons. The summed E-state index contributed by atoms with van der Waals surface area (Å²) >= 11 is 6.16. The Labute approximate surface area is 145 Å². The number of nitrogens with two attached hydrogens (primary N) is 1. The normalized spacial score (nSPS) is 13.0. The van der Waals surface area contributed by atoms with Gasteiger partial charge in [-0.05, 0) is 41.8 Å². The lowest BCUT2D eigenvalue weighted by atomic mass is 10.1. The standard InChI is InChI=1S/C17H15ClN4.ClH/c18-13-3-2-12-5-6-22(16(12)8-13)17-14-4-1-11(9-19)7-15(14)20-10-21-17;/h1-4,7-8,10H,5-6,9,19H2;1H. The summed E-state index contributed by atoms with van der Waals surface area (Å²) in [4.78, 5) is 11.1. The number of halogens is 2. The molecule has 0 saturated heterocycles. The fourth-order valence-electron chi connectivity index (χ4n) is 3.00. The van der Waals surface area contributed by atoms with Crippen molar-refractivity contribution in [3.63, 3.8) is 0 Å². The summed E-state index contributed by atoms with van der Waals surface area (Å²) in [6.45, 7) is 1.41. The van der Waals surface area contributed by atoms with Crippen molar-refractivity contribution in [1.29, 1.82) is 0 Å². The Morgan fingerprint density at radius 3 is 2.83 bits per heavy atom. The van der Waals surface area contributed by atoms with E-state index in [0.717, 1.165) is 46.0 Å². The number of anilines is 2. The van der Waals surface area contributed by atoms with Crippen molar-refractivity contribution in [3.05, 3.63) is 58.9 Å². The van der Waals surface area contributed by atoms with Crippen LogP contribution in [0.15, 0.2) is 42.7 Å². The molecule has 2 heterocycles. The number of hydrogen-bond donors (Lipinski definition) is 1. The highest BCUT2D eigenvalue weighted by Gasteiger charge is 2.23. The third-order valence-corrected chi connectivity index (χ3v) is 4.35. The van der Waals surface area contributed by atoms with Gasteiger partial charge < -0.3 is 10.6 Å². The van der Waals surface area contributed by atoms with Crippen molar-refractivity contribution < 1.29 is 0 Å². The largest absolute Gasteiger partial charge is 0.326 e. The van der Waals surface area contributed by atoms with Crippen LogP contribution in [0.25, 0.3) is 10.9 Å². The predicted molar refractivity (Wildman–Crippen MR) is 96.8 cm³/mol. The molecule has 118 valence electrons. The third-order valence-electron chi connectivity index (χ3n) is 4.11. The van der Waals surface area contributed by atoms with Gasteiger partial charge in [0.05, 0.1) is 5.52 Å². The van der Waals surface area contributed by atoms with Gasteiger partial charge in [0.2, 0.25) is 0 Å². The lowest BCUT2D eigenvalue weighted by Crippen LogP contribution is -2.15. The zero-order valence-corrected chi connectivity index (χ0v) is 13.9. The van der Waals surface area contributed by atoms with Gasteiger partial charge in [-0.2, -0.15) is 0 Å². The van der Waals surface area contributed by atoms with Gasteiger partial charge in [0.25, 0.3) is 0 Å². The van der Waals surface area contributed by atoms with E-state index in [9.17, 15) is 0 Å². The van der Waals surface area contributed by atoms with Gasteiger partial charge in [-0.1, -0.05) is 23.7 Å². The highest BCUT2D eigenvalue weighted by Crippen LogP contribution is 2.37. The number of hydrogen-bond acceptors (Lipinski definition) is 4. The molecule has 4 rings (SSSR count). The molecule has 0 bridgehead atoms. The minimum absolute atomic E-state index is 0. The first-order valence-corrected chi connectivity index (χ1v) is 7.64. The van der Waals surface area contributed by atoms with E-state index < -0.39 is 0 Å². The molecule has 0 unspecified atom stereocenters. The van der Waals surface area contributed by atoms with Gasteiger partial charge in [-0.25, -0.2) is 9.97 Å². The fourth-order valence-corrected chi connectivity index (χ4v) is 3.17. The van der Waals surface area contributed by atoms with Crippen LogP contribution in [0.4, 0.5) is 11.5 Å². The smallest absolute Gasteiger partial charge is 0.144 e. The summed E-state index contributed by atoms with van der Waals surface area (Å²) in [6, 6.07) is 12.1. The second-order valence-electron chi connectivity index (χ2n) is 5.43. The lowest BCUT2D eigenvalue weighted by Gasteiger charge is -2.20. The second-order valence-corrected chi connectivity index (χ2v) is 5.86. The Morgan fingerprint density at radius 1 is 1.13 bits per heavy atom. The molecule has 0 saturated carbocycles. The first-order valence-electron chi connectivity index (χ1n) is 7.26. The summed E-state index contributed by atoms with van der Waals surface area (Å²) in [5.74, 6) is 0.926. The number of nitrogens with zero attached hydrogens (tertiary/aromatic N) is 3. The minimum Gasteiger partial charge on any atom is -0.326 e. The van der Waals surface area contributed by atoms with Crippen molar-refractivity contribution >= 4 is 46.4 Å². The molecule has 0 atom stereocenters. The minimum atomic E-state index is 0. The van der Waals surface area contributed by atoms with E-state index >= 15 is 0 Å². The molecule has 2 aromatic carbocycles. The average molecular weight is 347 g/mol. The quantitative estimate of drug-likeness (QED) is 0.765. The van der Waals surface area contributed by atoms with Gasteiger partial charge in [-0.15, -0.1) is 12.4 Å². The number of benzene rings is 2. The topological polar surface area (TPSA) is 55.0 Å². The molecule has 0 aliphatic carbocycles. The maximum atomic E-state index is 6.16. The van der Waals surface area contributed by atoms with Crippen LogP contribution in [-0.2, 0) is 13.0 Å². The van der Waals surface area contributed by atoms with Crippen LogP contribution < -0.4 is 10.6 Å². The first kappa shape index (κ1) is 16.0. The van der Waals surface area contributed by atoms with E-state index in [4.69, 9.17) is 17.3 Å². The molecule has 1 aliphatic heterocycles. The summed E-state index contributed by atoms with van der Waals surface area (Å²) < 4.78 is 0. The molecule has 0 spiro atoms. The van der Waals surface area contributed by atoms with Crippen LogP contribution in [0.3, 0.4) is 0 Å². The number of fused-ring (bicyclic) bond motifs is 2.